The molecule has 0 unspecified atom stereocenters. The molecule has 0 aliphatic carbocycles. The average Bonchev–Trinajstić information content (AvgIpc) is 2.63. The van der Waals surface area contributed by atoms with Gasteiger partial charge in [-0.25, -0.2) is 4.79 Å². The van der Waals surface area contributed by atoms with Gasteiger partial charge < -0.3 is 16.0 Å². The second-order valence-corrected chi connectivity index (χ2v) is 6.79. The third-order valence-electron chi connectivity index (χ3n) is 4.14. The number of para-hydroxylation sites is 1. The number of carbonyl (C=O) groups is 2. The molecule has 3 amide bonds. The lowest BCUT2D eigenvalue weighted by molar-refractivity contribution is -0.384. The standard InChI is InChI=1S/C18H14Cl2N4O4/c1-9-15(17(25)22-13-5-3-2-4-11(13)19)16(23-18(26)21-9)10-6-7-12(20)14(8-10)24(27)28/h2-8,16H,1H3,(H,22,25)(H2,21,23,26)/t16-/m0/s1. The number of halogens is 2. The van der Waals surface area contributed by atoms with Crippen LogP contribution in [0.4, 0.5) is 16.2 Å². The number of carbonyl (C=O) groups excluding carboxylic acids is 2. The maximum atomic E-state index is 12.9. The molecule has 3 N–H and O–H groups in total. The molecule has 28 heavy (non-hydrogen) atoms. The molecule has 1 heterocycles. The Morgan fingerprint density at radius 3 is 2.57 bits per heavy atom. The van der Waals surface area contributed by atoms with Crippen molar-refractivity contribution in [3.63, 3.8) is 0 Å². The van der Waals surface area contributed by atoms with Crippen LogP contribution in [0.1, 0.15) is 18.5 Å². The van der Waals surface area contributed by atoms with E-state index in [0.717, 1.165) is 0 Å². The maximum absolute atomic E-state index is 12.9. The van der Waals surface area contributed by atoms with Gasteiger partial charge >= 0.3 is 6.03 Å². The molecule has 2 aromatic carbocycles. The fraction of sp³-hybridized carbons (Fsp3) is 0.111. The normalized spacial score (nSPS) is 16.2. The van der Waals surface area contributed by atoms with Crippen molar-refractivity contribution in [1.29, 1.82) is 0 Å². The van der Waals surface area contributed by atoms with Gasteiger partial charge in [0.25, 0.3) is 11.6 Å². The molecule has 3 rings (SSSR count). The minimum atomic E-state index is -0.910. The number of nitro groups is 1. The van der Waals surface area contributed by atoms with Gasteiger partial charge in [-0.2, -0.15) is 0 Å². The Morgan fingerprint density at radius 1 is 1.18 bits per heavy atom. The van der Waals surface area contributed by atoms with Crippen molar-refractivity contribution in [3.05, 3.63) is 79.5 Å². The summed E-state index contributed by atoms with van der Waals surface area (Å²) < 4.78 is 0. The lowest BCUT2D eigenvalue weighted by Gasteiger charge is -2.28. The molecule has 2 aromatic rings. The lowest BCUT2D eigenvalue weighted by Crippen LogP contribution is -2.46. The highest BCUT2D eigenvalue weighted by atomic mass is 35.5. The molecule has 0 saturated heterocycles. The molecule has 10 heteroatoms. The zero-order chi connectivity index (χ0) is 20.4. The lowest BCUT2D eigenvalue weighted by atomic mass is 9.94. The Hall–Kier alpha value is -3.10. The van der Waals surface area contributed by atoms with Gasteiger partial charge in [-0.05, 0) is 30.7 Å². The highest BCUT2D eigenvalue weighted by Crippen LogP contribution is 2.33. The van der Waals surface area contributed by atoms with Crippen LogP contribution in [0, 0.1) is 10.1 Å². The molecule has 0 radical (unpaired) electrons. The molecule has 0 fully saturated rings. The summed E-state index contributed by atoms with van der Waals surface area (Å²) in [4.78, 5) is 35.4. The van der Waals surface area contributed by atoms with Gasteiger partial charge in [-0.3, -0.25) is 14.9 Å². The van der Waals surface area contributed by atoms with Crippen LogP contribution in [0.15, 0.2) is 53.7 Å². The largest absolute Gasteiger partial charge is 0.327 e. The first-order valence-corrected chi connectivity index (χ1v) is 8.81. The monoisotopic (exact) mass is 420 g/mol. The van der Waals surface area contributed by atoms with Crippen molar-refractivity contribution < 1.29 is 14.5 Å². The van der Waals surface area contributed by atoms with Crippen molar-refractivity contribution in [2.75, 3.05) is 5.32 Å². The molecule has 1 aliphatic rings. The summed E-state index contributed by atoms with van der Waals surface area (Å²) in [5.74, 6) is -0.513. The van der Waals surface area contributed by atoms with E-state index in [2.05, 4.69) is 16.0 Å². The van der Waals surface area contributed by atoms with Gasteiger partial charge in [-0.15, -0.1) is 0 Å². The Labute approximate surface area is 169 Å². The molecule has 0 bridgehead atoms. The molecular weight excluding hydrogens is 407 g/mol. The van der Waals surface area contributed by atoms with Gasteiger partial charge in [0, 0.05) is 11.8 Å². The predicted octanol–water partition coefficient (Wildman–Crippen LogP) is 4.17. The number of allylic oxidation sites excluding steroid dienone is 1. The van der Waals surface area contributed by atoms with Crippen molar-refractivity contribution in [1.82, 2.24) is 10.6 Å². The smallest absolute Gasteiger partial charge is 0.319 e. The minimum absolute atomic E-state index is 0.0446. The highest BCUT2D eigenvalue weighted by molar-refractivity contribution is 6.34. The van der Waals surface area contributed by atoms with E-state index in [9.17, 15) is 19.7 Å². The number of nitro benzene ring substituents is 1. The number of nitrogens with zero attached hydrogens (tertiary/aromatic N) is 1. The molecule has 0 spiro atoms. The summed E-state index contributed by atoms with van der Waals surface area (Å²) in [5.41, 5.74) is 0.921. The van der Waals surface area contributed by atoms with Gasteiger partial charge in [0.1, 0.15) is 5.02 Å². The highest BCUT2D eigenvalue weighted by Gasteiger charge is 2.32. The number of nitrogens with one attached hydrogen (secondary N) is 3. The molecule has 0 aromatic heterocycles. The van der Waals surface area contributed by atoms with Crippen LogP contribution in [0.5, 0.6) is 0 Å². The van der Waals surface area contributed by atoms with Gasteiger partial charge in [0.15, 0.2) is 0 Å². The number of rotatable bonds is 4. The maximum Gasteiger partial charge on any atom is 0.319 e. The van der Waals surface area contributed by atoms with E-state index in [1.165, 1.54) is 18.2 Å². The van der Waals surface area contributed by atoms with Crippen LogP contribution >= 0.6 is 23.2 Å². The topological polar surface area (TPSA) is 113 Å². The Balaban J connectivity index is 2.02. The number of urea groups is 1. The van der Waals surface area contributed by atoms with Crippen molar-refractivity contribution in [2.45, 2.75) is 13.0 Å². The summed E-state index contributed by atoms with van der Waals surface area (Å²) in [5, 5.41) is 19.3. The fourth-order valence-corrected chi connectivity index (χ4v) is 3.22. The van der Waals surface area contributed by atoms with Crippen LogP contribution < -0.4 is 16.0 Å². The van der Waals surface area contributed by atoms with E-state index in [1.54, 1.807) is 31.2 Å². The number of benzene rings is 2. The molecule has 144 valence electrons. The number of hydrogen-bond donors (Lipinski definition) is 3. The quantitative estimate of drug-likeness (QED) is 0.508. The Bertz CT molecular complexity index is 1020. The number of amides is 3. The number of hydrogen-bond acceptors (Lipinski definition) is 4. The molecule has 1 aliphatic heterocycles. The second-order valence-electron chi connectivity index (χ2n) is 5.97. The van der Waals surface area contributed by atoms with E-state index in [0.29, 0.717) is 22.0 Å². The van der Waals surface area contributed by atoms with Crippen LogP contribution in [0.2, 0.25) is 10.0 Å². The van der Waals surface area contributed by atoms with Gasteiger partial charge in [-0.1, -0.05) is 41.4 Å². The summed E-state index contributed by atoms with van der Waals surface area (Å²) >= 11 is 12.0. The predicted molar refractivity (Wildman–Crippen MR) is 105 cm³/mol. The van der Waals surface area contributed by atoms with E-state index in [-0.39, 0.29) is 16.3 Å². The molecule has 0 saturated carbocycles. The Kier molecular flexibility index (Phi) is 5.53. The summed E-state index contributed by atoms with van der Waals surface area (Å²) in [6.07, 6.45) is 0. The zero-order valence-electron chi connectivity index (χ0n) is 14.5. The summed E-state index contributed by atoms with van der Waals surface area (Å²) in [6.45, 7) is 1.57. The van der Waals surface area contributed by atoms with Crippen LogP contribution in [0.3, 0.4) is 0 Å². The SMILES string of the molecule is CC1=C(C(=O)Nc2ccccc2Cl)[C@H](c2ccc(Cl)c([N+](=O)[O-])c2)NC(=O)N1. The average molecular weight is 421 g/mol. The summed E-state index contributed by atoms with van der Waals surface area (Å²) in [7, 11) is 0. The molecule has 1 atom stereocenters. The van der Waals surface area contributed by atoms with Crippen LogP contribution in [0.25, 0.3) is 0 Å². The van der Waals surface area contributed by atoms with Gasteiger partial charge in [0.2, 0.25) is 0 Å². The van der Waals surface area contributed by atoms with Crippen LogP contribution in [-0.4, -0.2) is 16.9 Å². The third-order valence-corrected chi connectivity index (χ3v) is 4.79. The van der Waals surface area contributed by atoms with Crippen molar-refractivity contribution >= 4 is 46.5 Å². The molecular formula is C18H14Cl2N4O4. The van der Waals surface area contributed by atoms with E-state index in [1.807, 2.05) is 0 Å². The van der Waals surface area contributed by atoms with Crippen molar-refractivity contribution in [3.8, 4) is 0 Å². The zero-order valence-corrected chi connectivity index (χ0v) is 16.0. The van der Waals surface area contributed by atoms with E-state index >= 15 is 0 Å². The number of anilines is 1. The minimum Gasteiger partial charge on any atom is -0.327 e. The summed E-state index contributed by atoms with van der Waals surface area (Å²) in [6, 6.07) is 9.34. The van der Waals surface area contributed by atoms with Crippen LogP contribution in [-0.2, 0) is 4.79 Å². The third kappa shape index (κ3) is 3.92. The van der Waals surface area contributed by atoms with E-state index < -0.39 is 22.9 Å². The Morgan fingerprint density at radius 2 is 1.89 bits per heavy atom. The first-order chi connectivity index (χ1) is 13.3. The first-order valence-electron chi connectivity index (χ1n) is 8.06. The van der Waals surface area contributed by atoms with Crippen molar-refractivity contribution in [2.24, 2.45) is 0 Å². The fourth-order valence-electron chi connectivity index (χ4n) is 2.85. The second kappa shape index (κ2) is 7.87. The molecule has 8 nitrogen and oxygen atoms in total. The van der Waals surface area contributed by atoms with Gasteiger partial charge in [0.05, 0.1) is 27.2 Å². The first kappa shape index (κ1) is 19.7. The van der Waals surface area contributed by atoms with E-state index in [4.69, 9.17) is 23.2 Å².